The molecule has 7 nitrogen and oxygen atoms in total. The molecule has 7 heteroatoms. The molecule has 0 spiro atoms. The highest BCUT2D eigenvalue weighted by molar-refractivity contribution is 5.68. The van der Waals surface area contributed by atoms with Gasteiger partial charge in [0.25, 0.3) is 0 Å². The van der Waals surface area contributed by atoms with Gasteiger partial charge in [-0.1, -0.05) is 12.1 Å². The van der Waals surface area contributed by atoms with E-state index in [0.717, 1.165) is 37.4 Å². The fourth-order valence-corrected chi connectivity index (χ4v) is 3.42. The average molecular weight is 370 g/mol. The topological polar surface area (TPSA) is 81.1 Å². The Hall–Kier alpha value is -2.80. The second kappa shape index (κ2) is 7.84. The molecule has 4 rings (SSSR count). The van der Waals surface area contributed by atoms with Crippen molar-refractivity contribution in [1.82, 2.24) is 4.98 Å². The summed E-state index contributed by atoms with van der Waals surface area (Å²) in [5.74, 6) is 0.149. The number of nitrogens with zero attached hydrogens (tertiary/aromatic N) is 2. The van der Waals surface area contributed by atoms with Crippen LogP contribution in [0.3, 0.4) is 0 Å². The van der Waals surface area contributed by atoms with Crippen LogP contribution in [0.1, 0.15) is 23.5 Å². The monoisotopic (exact) mass is 370 g/mol. The van der Waals surface area contributed by atoms with Gasteiger partial charge in [-0.2, -0.15) is 0 Å². The van der Waals surface area contributed by atoms with Gasteiger partial charge in [-0.3, -0.25) is 4.79 Å². The lowest BCUT2D eigenvalue weighted by atomic mass is 10.00. The van der Waals surface area contributed by atoms with E-state index in [9.17, 15) is 4.79 Å². The van der Waals surface area contributed by atoms with Crippen LogP contribution >= 0.6 is 0 Å². The molecule has 1 atom stereocenters. The van der Waals surface area contributed by atoms with Crippen molar-refractivity contribution in [2.24, 2.45) is 0 Å². The van der Waals surface area contributed by atoms with Gasteiger partial charge in [-0.15, -0.1) is 0 Å². The van der Waals surface area contributed by atoms with Crippen LogP contribution in [-0.4, -0.2) is 49.0 Å². The normalized spacial score (nSPS) is 18.7. The summed E-state index contributed by atoms with van der Waals surface area (Å²) >= 11 is 0. The minimum absolute atomic E-state index is 0.0449. The van der Waals surface area contributed by atoms with Gasteiger partial charge in [0.15, 0.2) is 0 Å². The van der Waals surface area contributed by atoms with Crippen molar-refractivity contribution >= 4 is 11.7 Å². The lowest BCUT2D eigenvalue weighted by molar-refractivity contribution is -0.137. The molecule has 1 N–H and O–H groups in total. The van der Waals surface area contributed by atoms with E-state index in [1.807, 2.05) is 12.1 Å². The van der Waals surface area contributed by atoms with Crippen molar-refractivity contribution in [1.29, 1.82) is 0 Å². The molecule has 0 saturated carbocycles. The molecule has 0 aliphatic carbocycles. The van der Waals surface area contributed by atoms with E-state index in [1.54, 1.807) is 12.3 Å². The summed E-state index contributed by atoms with van der Waals surface area (Å²) in [6.07, 6.45) is 1.71. The van der Waals surface area contributed by atoms with Gasteiger partial charge in [-0.25, -0.2) is 4.98 Å². The second-order valence-electron chi connectivity index (χ2n) is 6.72. The summed E-state index contributed by atoms with van der Waals surface area (Å²) in [6.45, 7) is 4.07. The van der Waals surface area contributed by atoms with Crippen molar-refractivity contribution in [2.75, 3.05) is 37.8 Å². The number of hydrogen-bond acceptors (Lipinski definition) is 6. The summed E-state index contributed by atoms with van der Waals surface area (Å²) in [4.78, 5) is 17.5. The van der Waals surface area contributed by atoms with Crippen molar-refractivity contribution in [3.05, 3.63) is 47.7 Å². The van der Waals surface area contributed by atoms with Crippen LogP contribution in [0.15, 0.2) is 36.5 Å². The predicted molar refractivity (Wildman–Crippen MR) is 98.5 cm³/mol. The molecule has 27 heavy (non-hydrogen) atoms. The van der Waals surface area contributed by atoms with E-state index in [2.05, 4.69) is 22.0 Å². The molecule has 142 valence electrons. The van der Waals surface area contributed by atoms with E-state index >= 15 is 0 Å². The largest absolute Gasteiger partial charge is 0.492 e. The van der Waals surface area contributed by atoms with E-state index in [0.29, 0.717) is 24.8 Å². The van der Waals surface area contributed by atoms with Gasteiger partial charge in [0.2, 0.25) is 5.88 Å². The molecule has 0 radical (unpaired) electrons. The third kappa shape index (κ3) is 4.14. The Balaban J connectivity index is 1.40. The Kier molecular flexibility index (Phi) is 5.11. The first-order valence-corrected chi connectivity index (χ1v) is 9.08. The van der Waals surface area contributed by atoms with Crippen LogP contribution in [0.5, 0.6) is 11.6 Å². The SMILES string of the molecule is O=C(O)CC1COc2cc(OCc3cccc(N4CCOCC4)c3)ncc21. The zero-order valence-electron chi connectivity index (χ0n) is 15.0. The zero-order chi connectivity index (χ0) is 18.6. The van der Waals surface area contributed by atoms with E-state index in [4.69, 9.17) is 19.3 Å². The molecule has 1 aromatic heterocycles. The Morgan fingerprint density at radius 2 is 2.15 bits per heavy atom. The molecule has 2 aromatic rings. The van der Waals surface area contributed by atoms with E-state index < -0.39 is 5.97 Å². The van der Waals surface area contributed by atoms with Crippen LogP contribution in [0.2, 0.25) is 0 Å². The molecule has 0 bridgehead atoms. The number of fused-ring (bicyclic) bond motifs is 1. The average Bonchev–Trinajstić information content (AvgIpc) is 3.09. The summed E-state index contributed by atoms with van der Waals surface area (Å²) in [7, 11) is 0. The summed E-state index contributed by atoms with van der Waals surface area (Å²) in [6, 6.07) is 10.0. The molecular weight excluding hydrogens is 348 g/mol. The molecule has 0 amide bonds. The first kappa shape index (κ1) is 17.6. The number of hydrogen-bond donors (Lipinski definition) is 1. The highest BCUT2D eigenvalue weighted by atomic mass is 16.5. The molecule has 1 unspecified atom stereocenters. The van der Waals surface area contributed by atoms with Gasteiger partial charge < -0.3 is 24.2 Å². The zero-order valence-corrected chi connectivity index (χ0v) is 15.0. The molecule has 3 heterocycles. The summed E-state index contributed by atoms with van der Waals surface area (Å²) < 4.78 is 16.8. The number of aromatic nitrogens is 1. The fourth-order valence-electron chi connectivity index (χ4n) is 3.42. The number of aliphatic carboxylic acids is 1. The maximum absolute atomic E-state index is 10.9. The quantitative estimate of drug-likeness (QED) is 0.836. The van der Waals surface area contributed by atoms with Crippen molar-refractivity contribution < 1.29 is 24.1 Å². The number of carbonyl (C=O) groups is 1. The van der Waals surface area contributed by atoms with Crippen molar-refractivity contribution in [3.8, 4) is 11.6 Å². The Morgan fingerprint density at radius 3 is 2.96 bits per heavy atom. The molecule has 1 saturated heterocycles. The van der Waals surface area contributed by atoms with Crippen LogP contribution < -0.4 is 14.4 Å². The third-order valence-electron chi connectivity index (χ3n) is 4.84. The van der Waals surface area contributed by atoms with Gasteiger partial charge in [-0.05, 0) is 17.7 Å². The first-order valence-electron chi connectivity index (χ1n) is 9.08. The van der Waals surface area contributed by atoms with Crippen LogP contribution in [0, 0.1) is 0 Å². The maximum atomic E-state index is 10.9. The fraction of sp³-hybridized carbons (Fsp3) is 0.400. The number of carboxylic acid groups (broad SMARTS) is 1. The smallest absolute Gasteiger partial charge is 0.304 e. The molecular formula is C20H22N2O5. The number of morpholine rings is 1. The second-order valence-corrected chi connectivity index (χ2v) is 6.72. The molecule has 1 fully saturated rings. The minimum atomic E-state index is -0.836. The van der Waals surface area contributed by atoms with Crippen LogP contribution in [0.25, 0.3) is 0 Å². The number of rotatable bonds is 6. The van der Waals surface area contributed by atoms with Crippen LogP contribution in [-0.2, 0) is 16.1 Å². The molecule has 1 aromatic carbocycles. The number of benzene rings is 1. The predicted octanol–water partition coefficient (Wildman–Crippen LogP) is 2.45. The number of pyridine rings is 1. The lowest BCUT2D eigenvalue weighted by Gasteiger charge is -2.29. The highest BCUT2D eigenvalue weighted by Gasteiger charge is 2.27. The lowest BCUT2D eigenvalue weighted by Crippen LogP contribution is -2.36. The summed E-state index contributed by atoms with van der Waals surface area (Å²) in [5.41, 5.74) is 3.06. The number of carboxylic acids is 1. The standard InChI is InChI=1S/C20H22N2O5/c23-20(24)9-15-13-26-18-10-19(21-11-17(15)18)27-12-14-2-1-3-16(8-14)22-4-6-25-7-5-22/h1-3,8,10-11,15H,4-7,9,12-13H2,(H,23,24). The van der Waals surface area contributed by atoms with E-state index in [1.165, 1.54) is 5.69 Å². The van der Waals surface area contributed by atoms with E-state index in [-0.39, 0.29) is 12.3 Å². The Labute approximate surface area is 157 Å². The van der Waals surface area contributed by atoms with Crippen molar-refractivity contribution in [3.63, 3.8) is 0 Å². The number of anilines is 1. The highest BCUT2D eigenvalue weighted by Crippen LogP contribution is 2.37. The van der Waals surface area contributed by atoms with Gasteiger partial charge in [0.05, 0.1) is 26.2 Å². The minimum Gasteiger partial charge on any atom is -0.492 e. The van der Waals surface area contributed by atoms with Gasteiger partial charge in [0, 0.05) is 42.5 Å². The third-order valence-corrected chi connectivity index (χ3v) is 4.84. The Morgan fingerprint density at radius 1 is 1.30 bits per heavy atom. The number of ether oxygens (including phenoxy) is 3. The van der Waals surface area contributed by atoms with Gasteiger partial charge >= 0.3 is 5.97 Å². The molecule has 2 aliphatic heterocycles. The Bertz CT molecular complexity index is 820. The maximum Gasteiger partial charge on any atom is 0.304 e. The molecule has 2 aliphatic rings. The first-order chi connectivity index (χ1) is 13.2. The van der Waals surface area contributed by atoms with Crippen molar-refractivity contribution in [2.45, 2.75) is 18.9 Å². The summed E-state index contributed by atoms with van der Waals surface area (Å²) in [5, 5.41) is 8.97. The van der Waals surface area contributed by atoms with Gasteiger partial charge in [0.1, 0.15) is 12.4 Å². The van der Waals surface area contributed by atoms with Crippen LogP contribution in [0.4, 0.5) is 5.69 Å².